The van der Waals surface area contributed by atoms with Crippen LogP contribution in [0.15, 0.2) is 24.3 Å². The van der Waals surface area contributed by atoms with Gasteiger partial charge in [0, 0.05) is 18.6 Å². The summed E-state index contributed by atoms with van der Waals surface area (Å²) in [5, 5.41) is 10.9. The lowest BCUT2D eigenvalue weighted by molar-refractivity contribution is -0.385. The molecule has 0 aliphatic rings. The number of nitro groups is 1. The molecule has 1 aromatic heterocycles. The van der Waals surface area contributed by atoms with Gasteiger partial charge in [0.25, 0.3) is 5.69 Å². The Morgan fingerprint density at radius 3 is 2.81 bits per heavy atom. The summed E-state index contributed by atoms with van der Waals surface area (Å²) in [7, 11) is 0. The molecule has 21 heavy (non-hydrogen) atoms. The summed E-state index contributed by atoms with van der Waals surface area (Å²) in [6, 6.07) is 6.15. The van der Waals surface area contributed by atoms with Gasteiger partial charge in [-0.05, 0) is 13.0 Å². The fourth-order valence-electron chi connectivity index (χ4n) is 1.78. The van der Waals surface area contributed by atoms with Crippen LogP contribution in [0.4, 0.5) is 11.5 Å². The van der Waals surface area contributed by atoms with Gasteiger partial charge in [-0.15, -0.1) is 0 Å². The van der Waals surface area contributed by atoms with Crippen molar-refractivity contribution < 1.29 is 9.66 Å². The number of nitrogen functional groups attached to an aromatic ring is 1. The molecule has 1 aromatic carbocycles. The van der Waals surface area contributed by atoms with Gasteiger partial charge in [0.2, 0.25) is 5.88 Å². The maximum Gasteiger partial charge on any atom is 0.276 e. The van der Waals surface area contributed by atoms with Crippen LogP contribution in [0.2, 0.25) is 0 Å². The first kappa shape index (κ1) is 14.7. The SMILES string of the molecule is CCc1nc(NN)cc(Oc2cccc([N+](=O)[O-])c2C)n1. The van der Waals surface area contributed by atoms with E-state index in [2.05, 4.69) is 15.4 Å². The quantitative estimate of drug-likeness (QED) is 0.493. The fourth-order valence-corrected chi connectivity index (χ4v) is 1.78. The van der Waals surface area contributed by atoms with E-state index in [4.69, 9.17) is 10.6 Å². The van der Waals surface area contributed by atoms with Gasteiger partial charge in [-0.25, -0.2) is 10.8 Å². The summed E-state index contributed by atoms with van der Waals surface area (Å²) in [5.41, 5.74) is 2.86. The van der Waals surface area contributed by atoms with E-state index in [1.807, 2.05) is 6.92 Å². The van der Waals surface area contributed by atoms with Gasteiger partial charge in [0.05, 0.1) is 10.5 Å². The van der Waals surface area contributed by atoms with Crippen molar-refractivity contribution in [3.63, 3.8) is 0 Å². The van der Waals surface area contributed by atoms with Crippen LogP contribution >= 0.6 is 0 Å². The van der Waals surface area contributed by atoms with Gasteiger partial charge in [-0.3, -0.25) is 10.1 Å². The standard InChI is InChI=1S/C13H15N5O3/c1-3-11-15-12(17-14)7-13(16-11)21-10-6-4-5-9(8(10)2)18(19)20/h4-7H,3,14H2,1-2H3,(H,15,16,17). The van der Waals surface area contributed by atoms with E-state index in [0.29, 0.717) is 29.4 Å². The zero-order valence-electron chi connectivity index (χ0n) is 11.7. The molecular formula is C13H15N5O3. The summed E-state index contributed by atoms with van der Waals surface area (Å²) >= 11 is 0. The average molecular weight is 289 g/mol. The van der Waals surface area contributed by atoms with Crippen molar-refractivity contribution in [2.45, 2.75) is 20.3 Å². The number of aryl methyl sites for hydroxylation is 1. The third kappa shape index (κ3) is 3.23. The van der Waals surface area contributed by atoms with E-state index in [-0.39, 0.29) is 11.6 Å². The number of benzene rings is 1. The van der Waals surface area contributed by atoms with Crippen LogP contribution < -0.4 is 16.0 Å². The number of hydrazine groups is 1. The molecule has 0 amide bonds. The zero-order chi connectivity index (χ0) is 15.4. The van der Waals surface area contributed by atoms with E-state index in [1.165, 1.54) is 12.1 Å². The zero-order valence-corrected chi connectivity index (χ0v) is 11.7. The number of nitro benzene ring substituents is 1. The second kappa shape index (κ2) is 6.14. The second-order valence-corrected chi connectivity index (χ2v) is 4.26. The number of nitrogens with zero attached hydrogens (tertiary/aromatic N) is 3. The Labute approximate surface area is 121 Å². The number of anilines is 1. The first-order valence-electron chi connectivity index (χ1n) is 6.31. The molecule has 0 unspecified atom stereocenters. The summed E-state index contributed by atoms with van der Waals surface area (Å²) < 4.78 is 5.63. The summed E-state index contributed by atoms with van der Waals surface area (Å²) in [6.45, 7) is 3.52. The smallest absolute Gasteiger partial charge is 0.276 e. The first-order chi connectivity index (χ1) is 10.0. The van der Waals surface area contributed by atoms with Crippen LogP contribution in [0.3, 0.4) is 0 Å². The minimum absolute atomic E-state index is 0.00514. The molecule has 1 heterocycles. The van der Waals surface area contributed by atoms with Crippen molar-refractivity contribution in [3.8, 4) is 11.6 Å². The lowest BCUT2D eigenvalue weighted by atomic mass is 10.2. The Kier molecular flexibility index (Phi) is 4.29. The van der Waals surface area contributed by atoms with Crippen LogP contribution in [0.1, 0.15) is 18.3 Å². The minimum Gasteiger partial charge on any atom is -0.438 e. The van der Waals surface area contributed by atoms with Gasteiger partial charge >= 0.3 is 0 Å². The molecule has 110 valence electrons. The van der Waals surface area contributed by atoms with Crippen molar-refractivity contribution in [1.82, 2.24) is 9.97 Å². The van der Waals surface area contributed by atoms with Crippen molar-refractivity contribution in [2.75, 3.05) is 5.43 Å². The van der Waals surface area contributed by atoms with Crippen LogP contribution in [0.25, 0.3) is 0 Å². The van der Waals surface area contributed by atoms with Crippen LogP contribution in [0.5, 0.6) is 11.6 Å². The van der Waals surface area contributed by atoms with E-state index in [0.717, 1.165) is 0 Å². The Morgan fingerprint density at radius 1 is 1.43 bits per heavy atom. The average Bonchev–Trinajstić information content (AvgIpc) is 2.48. The number of aromatic nitrogens is 2. The molecule has 8 nitrogen and oxygen atoms in total. The molecule has 8 heteroatoms. The molecule has 0 aliphatic carbocycles. The molecule has 0 saturated carbocycles. The number of nitrogens with two attached hydrogens (primary N) is 1. The maximum absolute atomic E-state index is 10.9. The number of nitrogens with one attached hydrogen (secondary N) is 1. The molecule has 0 bridgehead atoms. The monoisotopic (exact) mass is 289 g/mol. The summed E-state index contributed by atoms with van der Waals surface area (Å²) in [4.78, 5) is 18.8. The predicted molar refractivity (Wildman–Crippen MR) is 77.1 cm³/mol. The van der Waals surface area contributed by atoms with Crippen LogP contribution in [-0.2, 0) is 6.42 Å². The number of rotatable bonds is 5. The predicted octanol–water partition coefficient (Wildman–Crippen LogP) is 2.33. The highest BCUT2D eigenvalue weighted by Gasteiger charge is 2.15. The Hall–Kier alpha value is -2.74. The van der Waals surface area contributed by atoms with Gasteiger partial charge < -0.3 is 10.2 Å². The maximum atomic E-state index is 10.9. The molecule has 0 atom stereocenters. The number of hydrogen-bond acceptors (Lipinski definition) is 7. The third-order valence-corrected chi connectivity index (χ3v) is 2.88. The molecule has 3 N–H and O–H groups in total. The topological polar surface area (TPSA) is 116 Å². The van der Waals surface area contributed by atoms with E-state index < -0.39 is 4.92 Å². The van der Waals surface area contributed by atoms with Gasteiger partial charge in [-0.1, -0.05) is 13.0 Å². The molecule has 0 spiro atoms. The summed E-state index contributed by atoms with van der Waals surface area (Å²) in [6.07, 6.45) is 0.611. The number of hydrogen-bond donors (Lipinski definition) is 2. The molecule has 0 fully saturated rings. The number of ether oxygens (including phenoxy) is 1. The normalized spacial score (nSPS) is 10.2. The van der Waals surface area contributed by atoms with Gasteiger partial charge in [0.15, 0.2) is 0 Å². The van der Waals surface area contributed by atoms with E-state index >= 15 is 0 Å². The van der Waals surface area contributed by atoms with Crippen LogP contribution in [0, 0.1) is 17.0 Å². The van der Waals surface area contributed by atoms with E-state index in [9.17, 15) is 10.1 Å². The lowest BCUT2D eigenvalue weighted by Gasteiger charge is -2.10. The van der Waals surface area contributed by atoms with Crippen molar-refractivity contribution >= 4 is 11.5 Å². The largest absolute Gasteiger partial charge is 0.438 e. The first-order valence-corrected chi connectivity index (χ1v) is 6.31. The highest BCUT2D eigenvalue weighted by atomic mass is 16.6. The van der Waals surface area contributed by atoms with Gasteiger partial charge in [0.1, 0.15) is 17.4 Å². The lowest BCUT2D eigenvalue weighted by Crippen LogP contribution is -2.10. The molecule has 0 aliphatic heterocycles. The van der Waals surface area contributed by atoms with Crippen molar-refractivity contribution in [2.24, 2.45) is 5.84 Å². The van der Waals surface area contributed by atoms with Crippen LogP contribution in [-0.4, -0.2) is 14.9 Å². The highest BCUT2D eigenvalue weighted by molar-refractivity contribution is 5.50. The Morgan fingerprint density at radius 2 is 2.19 bits per heavy atom. The molecule has 0 saturated heterocycles. The minimum atomic E-state index is -0.452. The molecule has 2 rings (SSSR count). The Bertz CT molecular complexity index is 653. The highest BCUT2D eigenvalue weighted by Crippen LogP contribution is 2.30. The molecule has 0 radical (unpaired) electrons. The Balaban J connectivity index is 2.38. The molecular weight excluding hydrogens is 274 g/mol. The van der Waals surface area contributed by atoms with E-state index in [1.54, 1.807) is 19.1 Å². The summed E-state index contributed by atoms with van der Waals surface area (Å²) in [5.74, 6) is 6.96. The second-order valence-electron chi connectivity index (χ2n) is 4.26. The fraction of sp³-hybridized carbons (Fsp3) is 0.231. The van der Waals surface area contributed by atoms with Crippen molar-refractivity contribution in [3.05, 3.63) is 45.8 Å². The van der Waals surface area contributed by atoms with Gasteiger partial charge in [-0.2, -0.15) is 4.98 Å². The molecule has 2 aromatic rings. The third-order valence-electron chi connectivity index (χ3n) is 2.88. The van der Waals surface area contributed by atoms with Crippen molar-refractivity contribution in [1.29, 1.82) is 0 Å².